The first-order chi connectivity index (χ1) is 8.60. The SMILES string of the molecule is CCc1ccc(NC(N)=N[C@@H]2C[C@H]2C(C)C)cc1. The van der Waals surface area contributed by atoms with Crippen LogP contribution in [0.4, 0.5) is 5.69 Å². The van der Waals surface area contributed by atoms with Gasteiger partial charge in [-0.05, 0) is 42.4 Å². The molecule has 1 aromatic carbocycles. The molecule has 0 unspecified atom stereocenters. The minimum atomic E-state index is 0.424. The molecule has 3 N–H and O–H groups in total. The van der Waals surface area contributed by atoms with Crippen molar-refractivity contribution in [3.05, 3.63) is 29.8 Å². The maximum atomic E-state index is 5.92. The van der Waals surface area contributed by atoms with Gasteiger partial charge in [-0.15, -0.1) is 0 Å². The van der Waals surface area contributed by atoms with Crippen LogP contribution in [0.3, 0.4) is 0 Å². The van der Waals surface area contributed by atoms with E-state index in [0.717, 1.165) is 12.1 Å². The fourth-order valence-corrected chi connectivity index (χ4v) is 2.25. The molecular formula is C15H23N3. The predicted octanol–water partition coefficient (Wildman–Crippen LogP) is 3.02. The number of aliphatic imine (C=N–C) groups is 1. The third kappa shape index (κ3) is 3.25. The molecule has 2 rings (SSSR count). The zero-order valence-electron chi connectivity index (χ0n) is 11.5. The average molecular weight is 245 g/mol. The highest BCUT2D eigenvalue weighted by Crippen LogP contribution is 2.39. The van der Waals surface area contributed by atoms with Crippen LogP contribution in [-0.4, -0.2) is 12.0 Å². The van der Waals surface area contributed by atoms with Crippen molar-refractivity contribution < 1.29 is 0 Å². The number of aryl methyl sites for hydroxylation is 1. The third-order valence-corrected chi connectivity index (χ3v) is 3.60. The molecule has 98 valence electrons. The topological polar surface area (TPSA) is 50.4 Å². The number of nitrogens with one attached hydrogen (secondary N) is 1. The van der Waals surface area contributed by atoms with Gasteiger partial charge >= 0.3 is 0 Å². The van der Waals surface area contributed by atoms with Gasteiger partial charge in [0.15, 0.2) is 5.96 Å². The number of rotatable bonds is 4. The summed E-state index contributed by atoms with van der Waals surface area (Å²) < 4.78 is 0. The summed E-state index contributed by atoms with van der Waals surface area (Å²) in [5.41, 5.74) is 8.26. The lowest BCUT2D eigenvalue weighted by molar-refractivity contribution is 0.548. The molecule has 3 heteroatoms. The number of nitrogens with zero attached hydrogens (tertiary/aromatic N) is 1. The van der Waals surface area contributed by atoms with Gasteiger partial charge in [0.25, 0.3) is 0 Å². The second kappa shape index (κ2) is 5.42. The van der Waals surface area contributed by atoms with Crippen molar-refractivity contribution in [3.63, 3.8) is 0 Å². The van der Waals surface area contributed by atoms with Crippen LogP contribution in [0.25, 0.3) is 0 Å². The first kappa shape index (κ1) is 12.9. The number of benzene rings is 1. The quantitative estimate of drug-likeness (QED) is 0.633. The highest BCUT2D eigenvalue weighted by Gasteiger charge is 2.39. The molecule has 0 radical (unpaired) electrons. The van der Waals surface area contributed by atoms with Crippen LogP contribution < -0.4 is 11.1 Å². The van der Waals surface area contributed by atoms with Crippen molar-refractivity contribution in [1.82, 2.24) is 0 Å². The molecule has 1 aromatic rings. The monoisotopic (exact) mass is 245 g/mol. The van der Waals surface area contributed by atoms with Gasteiger partial charge in [-0.25, -0.2) is 4.99 Å². The molecule has 0 bridgehead atoms. The lowest BCUT2D eigenvalue weighted by Gasteiger charge is -2.06. The lowest BCUT2D eigenvalue weighted by Crippen LogP contribution is -2.23. The van der Waals surface area contributed by atoms with Gasteiger partial charge in [-0.1, -0.05) is 32.9 Å². The van der Waals surface area contributed by atoms with Crippen LogP contribution in [0.2, 0.25) is 0 Å². The Morgan fingerprint density at radius 2 is 2.06 bits per heavy atom. The molecule has 0 saturated heterocycles. The van der Waals surface area contributed by atoms with Crippen LogP contribution in [0.1, 0.15) is 32.8 Å². The summed E-state index contributed by atoms with van der Waals surface area (Å²) in [5.74, 6) is 1.95. The number of guanidine groups is 1. The van der Waals surface area contributed by atoms with Gasteiger partial charge in [-0.2, -0.15) is 0 Å². The first-order valence-electron chi connectivity index (χ1n) is 6.79. The summed E-state index contributed by atoms with van der Waals surface area (Å²) in [5, 5.41) is 3.15. The van der Waals surface area contributed by atoms with E-state index in [0.29, 0.717) is 23.8 Å². The Bertz CT molecular complexity index is 420. The van der Waals surface area contributed by atoms with Crippen LogP contribution in [0.5, 0.6) is 0 Å². The highest BCUT2D eigenvalue weighted by atomic mass is 15.1. The molecule has 1 aliphatic carbocycles. The van der Waals surface area contributed by atoms with E-state index in [4.69, 9.17) is 5.73 Å². The Morgan fingerprint density at radius 3 is 2.56 bits per heavy atom. The largest absolute Gasteiger partial charge is 0.370 e. The van der Waals surface area contributed by atoms with Gasteiger partial charge in [-0.3, -0.25) is 0 Å². The minimum Gasteiger partial charge on any atom is -0.370 e. The Hall–Kier alpha value is -1.51. The summed E-state index contributed by atoms with van der Waals surface area (Å²) in [4.78, 5) is 4.51. The van der Waals surface area contributed by atoms with Crippen molar-refractivity contribution in [2.24, 2.45) is 22.6 Å². The Balaban J connectivity index is 1.90. The average Bonchev–Trinajstić information content (AvgIpc) is 3.09. The Labute approximate surface area is 109 Å². The molecule has 1 saturated carbocycles. The molecule has 0 aliphatic heterocycles. The molecule has 0 spiro atoms. The van der Waals surface area contributed by atoms with E-state index in [9.17, 15) is 0 Å². The van der Waals surface area contributed by atoms with Crippen molar-refractivity contribution >= 4 is 11.6 Å². The van der Waals surface area contributed by atoms with Gasteiger partial charge in [0.2, 0.25) is 0 Å². The number of hydrogen-bond donors (Lipinski definition) is 2. The molecule has 1 aliphatic rings. The Morgan fingerprint density at radius 1 is 1.39 bits per heavy atom. The van der Waals surface area contributed by atoms with E-state index in [1.54, 1.807) is 0 Å². The normalized spacial score (nSPS) is 23.2. The van der Waals surface area contributed by atoms with Gasteiger partial charge < -0.3 is 11.1 Å². The van der Waals surface area contributed by atoms with Gasteiger partial charge in [0.05, 0.1) is 6.04 Å². The van der Waals surface area contributed by atoms with Crippen molar-refractivity contribution in [2.45, 2.75) is 39.7 Å². The molecule has 0 amide bonds. The first-order valence-corrected chi connectivity index (χ1v) is 6.79. The van der Waals surface area contributed by atoms with Crippen molar-refractivity contribution in [2.75, 3.05) is 5.32 Å². The fourth-order valence-electron chi connectivity index (χ4n) is 2.25. The van der Waals surface area contributed by atoms with Crippen LogP contribution >= 0.6 is 0 Å². The third-order valence-electron chi connectivity index (χ3n) is 3.60. The molecule has 0 aromatic heterocycles. The molecular weight excluding hydrogens is 222 g/mol. The summed E-state index contributed by atoms with van der Waals surface area (Å²) in [7, 11) is 0. The molecule has 1 fully saturated rings. The summed E-state index contributed by atoms with van der Waals surface area (Å²) >= 11 is 0. The van der Waals surface area contributed by atoms with Crippen LogP contribution in [-0.2, 0) is 6.42 Å². The molecule has 0 heterocycles. The minimum absolute atomic E-state index is 0.424. The summed E-state index contributed by atoms with van der Waals surface area (Å²) in [6, 6.07) is 8.75. The Kier molecular flexibility index (Phi) is 3.90. The smallest absolute Gasteiger partial charge is 0.193 e. The maximum absolute atomic E-state index is 5.92. The van der Waals surface area contributed by atoms with E-state index < -0.39 is 0 Å². The van der Waals surface area contributed by atoms with Gasteiger partial charge in [0, 0.05) is 5.69 Å². The number of anilines is 1. The zero-order valence-corrected chi connectivity index (χ0v) is 11.5. The predicted molar refractivity (Wildman–Crippen MR) is 77.8 cm³/mol. The second-order valence-corrected chi connectivity index (χ2v) is 5.40. The van der Waals surface area contributed by atoms with Crippen molar-refractivity contribution in [1.29, 1.82) is 0 Å². The van der Waals surface area contributed by atoms with Gasteiger partial charge in [0.1, 0.15) is 0 Å². The number of nitrogens with two attached hydrogens (primary N) is 1. The zero-order chi connectivity index (χ0) is 13.1. The van der Waals surface area contributed by atoms with E-state index in [-0.39, 0.29) is 0 Å². The van der Waals surface area contributed by atoms with E-state index in [2.05, 4.69) is 43.2 Å². The van der Waals surface area contributed by atoms with E-state index in [1.165, 1.54) is 12.0 Å². The van der Waals surface area contributed by atoms with E-state index in [1.807, 2.05) is 12.1 Å². The number of hydrogen-bond acceptors (Lipinski definition) is 1. The molecule has 18 heavy (non-hydrogen) atoms. The second-order valence-electron chi connectivity index (χ2n) is 5.40. The molecule has 2 atom stereocenters. The molecule has 3 nitrogen and oxygen atoms in total. The summed E-state index contributed by atoms with van der Waals surface area (Å²) in [6.45, 7) is 6.64. The van der Waals surface area contributed by atoms with Crippen LogP contribution in [0, 0.1) is 11.8 Å². The van der Waals surface area contributed by atoms with Crippen LogP contribution in [0.15, 0.2) is 29.3 Å². The fraction of sp³-hybridized carbons (Fsp3) is 0.533. The maximum Gasteiger partial charge on any atom is 0.193 e. The van der Waals surface area contributed by atoms with E-state index >= 15 is 0 Å². The summed E-state index contributed by atoms with van der Waals surface area (Å²) in [6.07, 6.45) is 2.23. The lowest BCUT2D eigenvalue weighted by atomic mass is 10.1. The van der Waals surface area contributed by atoms with Crippen molar-refractivity contribution in [3.8, 4) is 0 Å². The standard InChI is InChI=1S/C15H23N3/c1-4-11-5-7-12(8-6-11)17-15(16)18-14-9-13(14)10(2)3/h5-8,10,13-14H,4,9H2,1-3H3,(H3,16,17,18)/t13-,14+/m0/s1. The highest BCUT2D eigenvalue weighted by molar-refractivity contribution is 5.92.